The number of benzene rings is 2. The van der Waals surface area contributed by atoms with Crippen molar-refractivity contribution in [3.8, 4) is 11.1 Å². The van der Waals surface area contributed by atoms with Gasteiger partial charge >= 0.3 is 11.9 Å². The zero-order valence-corrected chi connectivity index (χ0v) is 25.6. The van der Waals surface area contributed by atoms with Crippen LogP contribution in [0.2, 0.25) is 0 Å². The Bertz CT molecular complexity index is 1970. The van der Waals surface area contributed by atoms with Crippen molar-refractivity contribution in [2.75, 3.05) is 37.0 Å². The predicted molar refractivity (Wildman–Crippen MR) is 163 cm³/mol. The first-order chi connectivity index (χ1) is 21.3. The number of carbonyl (C=O) groups is 1. The number of hydrogen-bond donors (Lipinski definition) is 0. The average Bonchev–Trinajstić information content (AvgIpc) is 3.26. The molecular formula is C31H30F4N6O3S. The largest absolute Gasteiger partial charge is 0.417 e. The number of halogens is 4. The number of nitrogens with zero attached hydrogens (tertiary/aromatic N) is 6. The predicted octanol–water partition coefficient (Wildman–Crippen LogP) is 4.84. The van der Waals surface area contributed by atoms with Gasteiger partial charge in [0, 0.05) is 71.3 Å². The first-order valence-corrected chi connectivity index (χ1v) is 15.5. The lowest BCUT2D eigenvalue weighted by Gasteiger charge is -2.44. The molecule has 3 aliphatic rings. The summed E-state index contributed by atoms with van der Waals surface area (Å²) in [6.45, 7) is 8.75. The van der Waals surface area contributed by atoms with Gasteiger partial charge in [0.25, 0.3) is 0 Å². The quantitative estimate of drug-likeness (QED) is 0.234. The van der Waals surface area contributed by atoms with E-state index >= 15 is 13.2 Å². The molecule has 2 aromatic heterocycles. The number of fused-ring (bicyclic) bond motifs is 1. The molecule has 2 aromatic carbocycles. The highest BCUT2D eigenvalue weighted by atomic mass is 32.2. The van der Waals surface area contributed by atoms with Gasteiger partial charge in [-0.1, -0.05) is 6.58 Å². The highest BCUT2D eigenvalue weighted by Crippen LogP contribution is 2.52. The van der Waals surface area contributed by atoms with E-state index in [4.69, 9.17) is 4.74 Å². The number of hydrogen-bond acceptors (Lipinski definition) is 7. The summed E-state index contributed by atoms with van der Waals surface area (Å²) in [7, 11) is 1.56. The molecule has 236 valence electrons. The van der Waals surface area contributed by atoms with Gasteiger partial charge in [-0.05, 0) is 38.1 Å². The Kier molecular flexibility index (Phi) is 6.82. The van der Waals surface area contributed by atoms with Crippen molar-refractivity contribution < 1.29 is 27.1 Å². The molecule has 0 aliphatic carbocycles. The topological polar surface area (TPSA) is 85.5 Å². The van der Waals surface area contributed by atoms with Crippen molar-refractivity contribution in [3.05, 3.63) is 58.9 Å². The molecule has 14 heteroatoms. The van der Waals surface area contributed by atoms with Crippen LogP contribution in [-0.4, -0.2) is 74.3 Å². The molecule has 2 saturated heterocycles. The highest BCUT2D eigenvalue weighted by molar-refractivity contribution is 7.99. The first kappa shape index (κ1) is 29.8. The van der Waals surface area contributed by atoms with E-state index in [1.165, 1.54) is 39.4 Å². The molecule has 9 nitrogen and oxygen atoms in total. The summed E-state index contributed by atoms with van der Waals surface area (Å²) in [6, 6.07) is 2.90. The number of amides is 1. The maximum absolute atomic E-state index is 15.2. The van der Waals surface area contributed by atoms with Gasteiger partial charge in [-0.15, -0.1) is 11.8 Å². The van der Waals surface area contributed by atoms with Crippen LogP contribution in [0.3, 0.4) is 0 Å². The number of alkyl halides is 3. The summed E-state index contributed by atoms with van der Waals surface area (Å²) < 4.78 is 68.9. The van der Waals surface area contributed by atoms with Gasteiger partial charge in [0.05, 0.1) is 41.4 Å². The van der Waals surface area contributed by atoms with Gasteiger partial charge in [0.1, 0.15) is 11.6 Å². The molecule has 2 atom stereocenters. The third-order valence-electron chi connectivity index (χ3n) is 9.17. The third-order valence-corrected chi connectivity index (χ3v) is 10.6. The fourth-order valence-corrected chi connectivity index (χ4v) is 8.30. The maximum Gasteiger partial charge on any atom is 0.417 e. The standard InChI is InChI=1S/C31H30F4N6O3S/c1-5-23(42)39-10-17(3)40(11-16(39)2)28-19-8-21(31(33,34)35)24(18-6-7-22(32)20-9-36-38(4)25(18)20)27-26(19)41(29(43)37-28)12-30(15-45-27)13-44-14-30/h5-9,16-17H,1,10-15H2,2-4H3/t16-,17+/m1/s1. The van der Waals surface area contributed by atoms with Crippen LogP contribution in [0.4, 0.5) is 23.4 Å². The summed E-state index contributed by atoms with van der Waals surface area (Å²) in [5.41, 5.74) is -1.34. The van der Waals surface area contributed by atoms with E-state index in [1.807, 2.05) is 18.7 Å². The van der Waals surface area contributed by atoms with Crippen LogP contribution in [-0.2, 0) is 29.3 Å². The number of anilines is 1. The summed E-state index contributed by atoms with van der Waals surface area (Å²) >= 11 is 1.26. The summed E-state index contributed by atoms with van der Waals surface area (Å²) in [4.78, 5) is 34.6. The van der Waals surface area contributed by atoms with Crippen molar-refractivity contribution >= 4 is 45.3 Å². The average molecular weight is 643 g/mol. The van der Waals surface area contributed by atoms with Crippen LogP contribution < -0.4 is 10.6 Å². The van der Waals surface area contributed by atoms with E-state index in [1.54, 1.807) is 11.9 Å². The molecule has 1 spiro atoms. The Morgan fingerprint density at radius 2 is 1.91 bits per heavy atom. The molecule has 0 bridgehead atoms. The number of rotatable bonds is 3. The summed E-state index contributed by atoms with van der Waals surface area (Å²) in [5, 5.41) is 4.43. The van der Waals surface area contributed by atoms with Gasteiger partial charge in [-0.2, -0.15) is 23.3 Å². The normalized spacial score (nSPS) is 21.3. The number of ether oxygens (including phenoxy) is 1. The fraction of sp³-hybridized carbons (Fsp3) is 0.419. The van der Waals surface area contributed by atoms with Gasteiger partial charge in [-0.3, -0.25) is 14.0 Å². The van der Waals surface area contributed by atoms with E-state index in [0.717, 1.165) is 12.1 Å². The molecule has 45 heavy (non-hydrogen) atoms. The fourth-order valence-electron chi connectivity index (χ4n) is 6.87. The van der Waals surface area contributed by atoms with Crippen molar-refractivity contribution in [1.82, 2.24) is 24.2 Å². The minimum absolute atomic E-state index is 0.0977. The Balaban J connectivity index is 1.56. The Morgan fingerprint density at radius 1 is 1.16 bits per heavy atom. The molecule has 7 rings (SSSR count). The lowest BCUT2D eigenvalue weighted by molar-refractivity contribution is -0.137. The molecule has 0 saturated carbocycles. The van der Waals surface area contributed by atoms with Crippen molar-refractivity contribution in [3.63, 3.8) is 0 Å². The molecular weight excluding hydrogens is 612 g/mol. The second kappa shape index (κ2) is 10.3. The highest BCUT2D eigenvalue weighted by Gasteiger charge is 2.45. The second-order valence-corrected chi connectivity index (χ2v) is 13.3. The second-order valence-electron chi connectivity index (χ2n) is 12.3. The molecule has 5 heterocycles. The van der Waals surface area contributed by atoms with Gasteiger partial charge in [0.15, 0.2) is 0 Å². The number of piperazine rings is 1. The Hall–Kier alpha value is -3.91. The van der Waals surface area contributed by atoms with Crippen LogP contribution in [0.15, 0.2) is 46.7 Å². The Morgan fingerprint density at radius 3 is 2.58 bits per heavy atom. The zero-order chi connectivity index (χ0) is 32.0. The lowest BCUT2D eigenvalue weighted by Crippen LogP contribution is -2.58. The maximum atomic E-state index is 15.2. The molecule has 1 amide bonds. The molecule has 0 unspecified atom stereocenters. The van der Waals surface area contributed by atoms with E-state index in [9.17, 15) is 14.0 Å². The monoisotopic (exact) mass is 642 g/mol. The SMILES string of the molecule is C=CC(=O)N1C[C@H](C)N(c2nc(=O)n3c4c(c(-c5ccc(F)c6cnn(C)c56)c(C(F)(F)F)cc24)SCC2(COC2)C3)C[C@H]1C. The summed E-state index contributed by atoms with van der Waals surface area (Å²) in [5.74, 6) is -0.287. The Labute approximate surface area is 259 Å². The minimum atomic E-state index is -4.81. The minimum Gasteiger partial charge on any atom is -0.380 e. The van der Waals surface area contributed by atoms with E-state index in [-0.39, 0.29) is 75.8 Å². The summed E-state index contributed by atoms with van der Waals surface area (Å²) in [6.07, 6.45) is -2.28. The number of aryl methyl sites for hydroxylation is 1. The molecule has 0 radical (unpaired) electrons. The lowest BCUT2D eigenvalue weighted by atomic mass is 9.88. The van der Waals surface area contributed by atoms with Crippen LogP contribution in [0.1, 0.15) is 19.4 Å². The molecule has 4 aromatic rings. The number of aromatic nitrogens is 4. The number of carbonyl (C=O) groups excluding carboxylic acids is 1. The van der Waals surface area contributed by atoms with Crippen LogP contribution in [0, 0.1) is 11.2 Å². The van der Waals surface area contributed by atoms with Crippen LogP contribution >= 0.6 is 11.8 Å². The smallest absolute Gasteiger partial charge is 0.380 e. The van der Waals surface area contributed by atoms with Crippen molar-refractivity contribution in [1.29, 1.82) is 0 Å². The van der Waals surface area contributed by atoms with Crippen LogP contribution in [0.5, 0.6) is 0 Å². The van der Waals surface area contributed by atoms with E-state index in [0.29, 0.717) is 24.5 Å². The van der Waals surface area contributed by atoms with Gasteiger partial charge < -0.3 is 14.5 Å². The first-order valence-electron chi connectivity index (χ1n) is 14.5. The van der Waals surface area contributed by atoms with E-state index < -0.39 is 28.7 Å². The molecule has 2 fully saturated rings. The number of thioether (sulfide) groups is 1. The molecule has 3 aliphatic heterocycles. The van der Waals surface area contributed by atoms with E-state index in [2.05, 4.69) is 16.7 Å². The van der Waals surface area contributed by atoms with Gasteiger partial charge in [0.2, 0.25) is 5.91 Å². The van der Waals surface area contributed by atoms with Crippen LogP contribution in [0.25, 0.3) is 32.9 Å². The van der Waals surface area contributed by atoms with Crippen molar-refractivity contribution in [2.24, 2.45) is 12.5 Å². The zero-order valence-electron chi connectivity index (χ0n) is 24.8. The third kappa shape index (κ3) is 4.55. The van der Waals surface area contributed by atoms with Gasteiger partial charge in [-0.25, -0.2) is 9.18 Å². The van der Waals surface area contributed by atoms with Crippen molar-refractivity contribution in [2.45, 2.75) is 43.5 Å². The molecule has 0 N–H and O–H groups in total.